The van der Waals surface area contributed by atoms with Crippen molar-refractivity contribution in [3.63, 3.8) is 0 Å². The molecule has 8 nitrogen and oxygen atoms in total. The highest BCUT2D eigenvalue weighted by Gasteiger charge is 2.26. The van der Waals surface area contributed by atoms with Crippen LogP contribution in [-0.4, -0.2) is 56.5 Å². The molecule has 2 aromatic carbocycles. The molecular formula is C23H25N3O5S2. The highest BCUT2D eigenvalue weighted by Crippen LogP contribution is 2.27. The Kier molecular flexibility index (Phi) is 7.08. The minimum absolute atomic E-state index is 0.118. The predicted octanol–water partition coefficient (Wildman–Crippen LogP) is 3.47. The van der Waals surface area contributed by atoms with Crippen molar-refractivity contribution in [1.29, 1.82) is 0 Å². The Bertz CT molecular complexity index is 1230. The first-order valence-corrected chi connectivity index (χ1v) is 12.8. The Morgan fingerprint density at radius 3 is 2.61 bits per heavy atom. The van der Waals surface area contributed by atoms with E-state index >= 15 is 0 Å². The fraction of sp³-hybridized carbons (Fsp3) is 0.304. The zero-order valence-electron chi connectivity index (χ0n) is 18.4. The average molecular weight is 488 g/mol. The summed E-state index contributed by atoms with van der Waals surface area (Å²) in [6.07, 6.45) is 0. The molecule has 0 radical (unpaired) electrons. The minimum Gasteiger partial charge on any atom is -0.483 e. The van der Waals surface area contributed by atoms with E-state index in [4.69, 9.17) is 9.47 Å². The van der Waals surface area contributed by atoms with E-state index in [2.05, 4.69) is 10.3 Å². The number of nitrogens with zero attached hydrogens (tertiary/aromatic N) is 2. The molecule has 3 aromatic rings. The number of amides is 1. The summed E-state index contributed by atoms with van der Waals surface area (Å²) in [6.45, 7) is 5.34. The fourth-order valence-electron chi connectivity index (χ4n) is 3.38. The number of aromatic nitrogens is 1. The van der Waals surface area contributed by atoms with E-state index < -0.39 is 10.0 Å². The first-order chi connectivity index (χ1) is 15.8. The number of ether oxygens (including phenoxy) is 2. The zero-order chi connectivity index (χ0) is 23.4. The number of hydrogen-bond acceptors (Lipinski definition) is 7. The van der Waals surface area contributed by atoms with E-state index in [9.17, 15) is 13.2 Å². The van der Waals surface area contributed by atoms with Gasteiger partial charge in [0.25, 0.3) is 5.91 Å². The van der Waals surface area contributed by atoms with Crippen molar-refractivity contribution >= 4 is 32.4 Å². The summed E-state index contributed by atoms with van der Waals surface area (Å²) in [5, 5.41) is 5.00. The Labute approximate surface area is 197 Å². The molecule has 1 aromatic heterocycles. The lowest BCUT2D eigenvalue weighted by Gasteiger charge is -2.26. The third-order valence-corrected chi connectivity index (χ3v) is 8.09. The molecule has 174 valence electrons. The fourth-order valence-corrected chi connectivity index (χ4v) is 5.52. The summed E-state index contributed by atoms with van der Waals surface area (Å²) >= 11 is 1.29. The Morgan fingerprint density at radius 2 is 1.88 bits per heavy atom. The van der Waals surface area contributed by atoms with Crippen LogP contribution in [-0.2, 0) is 19.6 Å². The summed E-state index contributed by atoms with van der Waals surface area (Å²) < 4.78 is 37.8. The molecule has 2 heterocycles. The van der Waals surface area contributed by atoms with Crippen molar-refractivity contribution in [2.45, 2.75) is 18.7 Å². The largest absolute Gasteiger partial charge is 0.483 e. The summed E-state index contributed by atoms with van der Waals surface area (Å²) in [6, 6.07) is 12.3. The van der Waals surface area contributed by atoms with Gasteiger partial charge in [-0.15, -0.1) is 11.3 Å². The normalized spacial score (nSPS) is 14.7. The predicted molar refractivity (Wildman–Crippen MR) is 127 cm³/mol. The lowest BCUT2D eigenvalue weighted by Crippen LogP contribution is -2.40. The van der Waals surface area contributed by atoms with Gasteiger partial charge in [0.15, 0.2) is 11.7 Å². The Morgan fingerprint density at radius 1 is 1.15 bits per heavy atom. The quantitative estimate of drug-likeness (QED) is 0.548. The highest BCUT2D eigenvalue weighted by molar-refractivity contribution is 7.89. The number of rotatable bonds is 7. The lowest BCUT2D eigenvalue weighted by molar-refractivity contribution is -0.118. The Balaban J connectivity index is 1.37. The summed E-state index contributed by atoms with van der Waals surface area (Å²) in [7, 11) is -3.54. The number of carbonyl (C=O) groups excluding carboxylic acids is 1. The molecule has 1 fully saturated rings. The highest BCUT2D eigenvalue weighted by atomic mass is 32.2. The third kappa shape index (κ3) is 5.41. The molecule has 10 heteroatoms. The molecule has 0 saturated carbocycles. The Hall–Kier alpha value is -2.79. The second-order valence-electron chi connectivity index (χ2n) is 7.61. The number of benzene rings is 2. The van der Waals surface area contributed by atoms with Gasteiger partial charge in [-0.05, 0) is 43.2 Å². The molecule has 33 heavy (non-hydrogen) atoms. The second kappa shape index (κ2) is 10.0. The molecule has 4 rings (SSSR count). The van der Waals surface area contributed by atoms with Crippen molar-refractivity contribution < 1.29 is 22.7 Å². The number of anilines is 1. The number of thiazole rings is 1. The number of sulfonamides is 1. The van der Waals surface area contributed by atoms with E-state index in [1.807, 2.05) is 37.4 Å². The van der Waals surface area contributed by atoms with Crippen molar-refractivity contribution in [3.8, 4) is 17.0 Å². The molecule has 0 atom stereocenters. The van der Waals surface area contributed by atoms with Crippen molar-refractivity contribution in [2.75, 3.05) is 38.2 Å². The van der Waals surface area contributed by atoms with Crippen LogP contribution in [0.4, 0.5) is 5.13 Å². The molecule has 0 bridgehead atoms. The molecule has 1 aliphatic heterocycles. The number of nitrogens with one attached hydrogen (secondary N) is 1. The summed E-state index contributed by atoms with van der Waals surface area (Å²) in [4.78, 5) is 17.0. The summed E-state index contributed by atoms with van der Waals surface area (Å²) in [5.74, 6) is 0.376. The topological polar surface area (TPSA) is 97.8 Å². The molecule has 0 unspecified atom stereocenters. The molecular weight excluding hydrogens is 462 g/mol. The molecule has 1 aliphatic rings. The number of aryl methyl sites for hydroxylation is 1. The van der Waals surface area contributed by atoms with Gasteiger partial charge in [0, 0.05) is 24.0 Å². The average Bonchev–Trinajstić information content (AvgIpc) is 3.29. The summed E-state index contributed by atoms with van der Waals surface area (Å²) in [5.41, 5.74) is 3.52. The number of hydrogen-bond donors (Lipinski definition) is 1. The molecule has 1 saturated heterocycles. The first kappa shape index (κ1) is 23.4. The van der Waals surface area contributed by atoms with Gasteiger partial charge in [-0.2, -0.15) is 4.31 Å². The molecule has 0 aliphatic carbocycles. The van der Waals surface area contributed by atoms with Crippen LogP contribution in [0.1, 0.15) is 11.1 Å². The van der Waals surface area contributed by atoms with Gasteiger partial charge in [-0.1, -0.05) is 24.3 Å². The van der Waals surface area contributed by atoms with Gasteiger partial charge in [0.2, 0.25) is 10.0 Å². The number of morpholine rings is 1. The van der Waals surface area contributed by atoms with E-state index in [0.717, 1.165) is 16.7 Å². The van der Waals surface area contributed by atoms with E-state index in [1.54, 1.807) is 24.3 Å². The maximum absolute atomic E-state index is 12.8. The molecule has 1 amide bonds. The van der Waals surface area contributed by atoms with Gasteiger partial charge in [0.05, 0.1) is 23.8 Å². The SMILES string of the molecule is Cc1cccc(OCC(=O)Nc2nc(-c3ccc(S(=O)(=O)N4CCOCC4)cc3)cs2)c1C. The van der Waals surface area contributed by atoms with E-state index in [-0.39, 0.29) is 17.4 Å². The smallest absolute Gasteiger partial charge is 0.264 e. The van der Waals surface area contributed by atoms with Crippen molar-refractivity contribution in [2.24, 2.45) is 0 Å². The second-order valence-corrected chi connectivity index (χ2v) is 10.4. The monoisotopic (exact) mass is 487 g/mol. The first-order valence-electron chi connectivity index (χ1n) is 10.5. The molecule has 0 spiro atoms. The third-order valence-electron chi connectivity index (χ3n) is 5.42. The van der Waals surface area contributed by atoms with Crippen LogP contribution in [0, 0.1) is 13.8 Å². The zero-order valence-corrected chi connectivity index (χ0v) is 20.0. The van der Waals surface area contributed by atoms with Crippen LogP contribution in [0.15, 0.2) is 52.7 Å². The van der Waals surface area contributed by atoms with Gasteiger partial charge < -0.3 is 9.47 Å². The minimum atomic E-state index is -3.54. The van der Waals surface area contributed by atoms with Crippen LogP contribution < -0.4 is 10.1 Å². The van der Waals surface area contributed by atoms with Crippen molar-refractivity contribution in [1.82, 2.24) is 9.29 Å². The van der Waals surface area contributed by atoms with E-state index in [0.29, 0.717) is 42.9 Å². The van der Waals surface area contributed by atoms with Crippen LogP contribution in [0.25, 0.3) is 11.3 Å². The van der Waals surface area contributed by atoms with Gasteiger partial charge >= 0.3 is 0 Å². The van der Waals surface area contributed by atoms with Crippen LogP contribution in [0.2, 0.25) is 0 Å². The van der Waals surface area contributed by atoms with Crippen LogP contribution >= 0.6 is 11.3 Å². The van der Waals surface area contributed by atoms with E-state index in [1.165, 1.54) is 15.6 Å². The van der Waals surface area contributed by atoms with Crippen LogP contribution in [0.5, 0.6) is 5.75 Å². The van der Waals surface area contributed by atoms with Gasteiger partial charge in [-0.25, -0.2) is 13.4 Å². The van der Waals surface area contributed by atoms with Crippen molar-refractivity contribution in [3.05, 3.63) is 59.0 Å². The van der Waals surface area contributed by atoms with Gasteiger partial charge in [-0.3, -0.25) is 10.1 Å². The standard InChI is InChI=1S/C23H25N3O5S2/c1-16-4-3-5-21(17(16)2)31-14-22(27)25-23-24-20(15-32-23)18-6-8-19(9-7-18)33(28,29)26-10-12-30-13-11-26/h3-9,15H,10-14H2,1-2H3,(H,24,25,27). The maximum atomic E-state index is 12.8. The lowest BCUT2D eigenvalue weighted by atomic mass is 10.1. The van der Waals surface area contributed by atoms with Crippen LogP contribution in [0.3, 0.4) is 0 Å². The maximum Gasteiger partial charge on any atom is 0.264 e. The number of carbonyl (C=O) groups is 1. The van der Waals surface area contributed by atoms with Gasteiger partial charge in [0.1, 0.15) is 5.75 Å². The molecule has 1 N–H and O–H groups in total.